The topological polar surface area (TPSA) is 46.5 Å². The Morgan fingerprint density at radius 3 is 2.78 bits per heavy atom. The molecule has 1 saturated heterocycles. The normalized spacial score (nSPS) is 20.6. The largest absolute Gasteiger partial charge is 0.493 e. The van der Waals surface area contributed by atoms with Gasteiger partial charge in [0.05, 0.1) is 5.92 Å². The van der Waals surface area contributed by atoms with Crippen molar-refractivity contribution in [3.8, 4) is 5.75 Å². The van der Waals surface area contributed by atoms with Crippen molar-refractivity contribution in [2.75, 3.05) is 18.1 Å². The second-order valence-electron chi connectivity index (χ2n) is 4.33. The minimum Gasteiger partial charge on any atom is -0.493 e. The molecule has 2 rings (SSSR count). The van der Waals surface area contributed by atoms with E-state index in [0.717, 1.165) is 17.9 Å². The van der Waals surface area contributed by atoms with Gasteiger partial charge in [0, 0.05) is 5.02 Å². The zero-order chi connectivity index (χ0) is 13.0. The summed E-state index contributed by atoms with van der Waals surface area (Å²) in [6.07, 6.45) is 0.964. The molecule has 0 aromatic heterocycles. The van der Waals surface area contributed by atoms with E-state index in [-0.39, 0.29) is 12.5 Å². The first-order valence-electron chi connectivity index (χ1n) is 5.85. The van der Waals surface area contributed by atoms with Gasteiger partial charge in [-0.1, -0.05) is 11.6 Å². The van der Waals surface area contributed by atoms with Crippen molar-refractivity contribution in [3.63, 3.8) is 0 Å². The van der Waals surface area contributed by atoms with Gasteiger partial charge in [-0.25, -0.2) is 0 Å². The van der Waals surface area contributed by atoms with Crippen LogP contribution < -0.4 is 4.74 Å². The molecule has 1 aromatic carbocycles. The zero-order valence-corrected chi connectivity index (χ0v) is 11.4. The highest BCUT2D eigenvalue weighted by atomic mass is 35.5. The number of rotatable bonds is 5. The molecule has 0 saturated carbocycles. The average molecular weight is 287 g/mol. The summed E-state index contributed by atoms with van der Waals surface area (Å²) in [6.45, 7) is 0.224. The van der Waals surface area contributed by atoms with Gasteiger partial charge in [0.2, 0.25) is 0 Å². The minimum absolute atomic E-state index is 0.222. The smallest absolute Gasteiger partial charge is 0.310 e. The summed E-state index contributed by atoms with van der Waals surface area (Å²) < 4.78 is 5.55. The Balaban J connectivity index is 1.93. The number of aliphatic carboxylic acids is 1. The lowest BCUT2D eigenvalue weighted by Crippen LogP contribution is -2.29. The van der Waals surface area contributed by atoms with Gasteiger partial charge in [-0.2, -0.15) is 11.8 Å². The van der Waals surface area contributed by atoms with Crippen molar-refractivity contribution in [2.24, 2.45) is 11.8 Å². The predicted molar refractivity (Wildman–Crippen MR) is 73.5 cm³/mol. The highest BCUT2D eigenvalue weighted by Crippen LogP contribution is 2.30. The number of benzene rings is 1. The molecule has 2 unspecified atom stereocenters. The number of thioether (sulfide) groups is 1. The van der Waals surface area contributed by atoms with Crippen LogP contribution in [0.2, 0.25) is 5.02 Å². The second kappa shape index (κ2) is 6.34. The first kappa shape index (κ1) is 13.6. The van der Waals surface area contributed by atoms with Crippen LogP contribution in [0.1, 0.15) is 6.42 Å². The van der Waals surface area contributed by atoms with E-state index in [1.165, 1.54) is 0 Å². The Kier molecular flexibility index (Phi) is 4.78. The first-order chi connectivity index (χ1) is 8.66. The molecular formula is C13H15ClO3S. The fourth-order valence-corrected chi connectivity index (χ4v) is 3.46. The zero-order valence-electron chi connectivity index (χ0n) is 9.84. The lowest BCUT2D eigenvalue weighted by molar-refractivity contribution is -0.144. The van der Waals surface area contributed by atoms with Gasteiger partial charge in [-0.05, 0) is 48.1 Å². The monoisotopic (exact) mass is 286 g/mol. The quantitative estimate of drug-likeness (QED) is 0.903. The van der Waals surface area contributed by atoms with E-state index in [9.17, 15) is 9.90 Å². The third kappa shape index (κ3) is 3.56. The summed E-state index contributed by atoms with van der Waals surface area (Å²) in [5.74, 6) is 1.67. The molecular weight excluding hydrogens is 272 g/mol. The highest BCUT2D eigenvalue weighted by molar-refractivity contribution is 7.99. The van der Waals surface area contributed by atoms with Crippen LogP contribution in [0.5, 0.6) is 5.75 Å². The average Bonchev–Trinajstić information content (AvgIpc) is 2.85. The third-order valence-electron chi connectivity index (χ3n) is 3.09. The van der Waals surface area contributed by atoms with Crippen LogP contribution in [0.15, 0.2) is 24.3 Å². The molecule has 1 aliphatic heterocycles. The van der Waals surface area contributed by atoms with Crippen molar-refractivity contribution in [2.45, 2.75) is 6.42 Å². The summed E-state index contributed by atoms with van der Waals surface area (Å²) >= 11 is 7.59. The molecule has 0 spiro atoms. The maximum Gasteiger partial charge on any atom is 0.310 e. The van der Waals surface area contributed by atoms with E-state index >= 15 is 0 Å². The number of halogens is 1. The van der Waals surface area contributed by atoms with Gasteiger partial charge < -0.3 is 9.84 Å². The molecule has 0 amide bonds. The Bertz CT molecular complexity index is 401. The number of carboxylic acid groups (broad SMARTS) is 1. The van der Waals surface area contributed by atoms with E-state index in [2.05, 4.69) is 0 Å². The fourth-order valence-electron chi connectivity index (χ4n) is 2.00. The van der Waals surface area contributed by atoms with Gasteiger partial charge in [-0.3, -0.25) is 4.79 Å². The van der Waals surface area contributed by atoms with E-state index in [4.69, 9.17) is 16.3 Å². The summed E-state index contributed by atoms with van der Waals surface area (Å²) in [5, 5.41) is 9.89. The molecule has 1 aliphatic rings. The van der Waals surface area contributed by atoms with Crippen LogP contribution in [0.3, 0.4) is 0 Å². The molecule has 1 N–H and O–H groups in total. The molecule has 2 atom stereocenters. The van der Waals surface area contributed by atoms with Gasteiger partial charge in [0.25, 0.3) is 0 Å². The fraction of sp³-hybridized carbons (Fsp3) is 0.462. The molecule has 0 bridgehead atoms. The number of carbonyl (C=O) groups is 1. The Labute approximate surface area is 115 Å². The summed E-state index contributed by atoms with van der Waals surface area (Å²) in [6, 6.07) is 6.98. The van der Waals surface area contributed by atoms with Crippen molar-refractivity contribution in [1.82, 2.24) is 0 Å². The molecule has 0 radical (unpaired) electrons. The lowest BCUT2D eigenvalue weighted by atomic mass is 9.93. The molecule has 1 fully saturated rings. The summed E-state index contributed by atoms with van der Waals surface area (Å²) in [4.78, 5) is 11.3. The van der Waals surface area contributed by atoms with Crippen LogP contribution in [0, 0.1) is 11.8 Å². The van der Waals surface area contributed by atoms with E-state index in [1.54, 1.807) is 24.3 Å². The third-order valence-corrected chi connectivity index (χ3v) is 4.53. The van der Waals surface area contributed by atoms with Gasteiger partial charge in [-0.15, -0.1) is 0 Å². The van der Waals surface area contributed by atoms with Crippen molar-refractivity contribution in [3.05, 3.63) is 29.3 Å². The SMILES string of the molecule is O=C(O)C(COc1ccc(Cl)cc1)C1CCSC1. The molecule has 98 valence electrons. The number of hydrogen-bond acceptors (Lipinski definition) is 3. The van der Waals surface area contributed by atoms with E-state index in [0.29, 0.717) is 10.8 Å². The van der Waals surface area contributed by atoms with E-state index in [1.807, 2.05) is 11.8 Å². The maximum atomic E-state index is 11.3. The first-order valence-corrected chi connectivity index (χ1v) is 7.39. The molecule has 0 aliphatic carbocycles. The molecule has 3 nitrogen and oxygen atoms in total. The number of hydrogen-bond donors (Lipinski definition) is 1. The van der Waals surface area contributed by atoms with E-state index < -0.39 is 11.9 Å². The molecule has 5 heteroatoms. The van der Waals surface area contributed by atoms with Crippen LogP contribution in [0.25, 0.3) is 0 Å². The summed E-state index contributed by atoms with van der Waals surface area (Å²) in [5.41, 5.74) is 0. The standard InChI is InChI=1S/C13H15ClO3S/c14-10-1-3-11(4-2-10)17-7-12(13(15)16)9-5-6-18-8-9/h1-4,9,12H,5-8H2,(H,15,16). The van der Waals surface area contributed by atoms with Crippen molar-refractivity contribution >= 4 is 29.3 Å². The van der Waals surface area contributed by atoms with Crippen LogP contribution in [-0.4, -0.2) is 29.2 Å². The number of carboxylic acids is 1. The minimum atomic E-state index is -0.767. The van der Waals surface area contributed by atoms with Gasteiger partial charge in [0.15, 0.2) is 0 Å². The van der Waals surface area contributed by atoms with Crippen LogP contribution >= 0.6 is 23.4 Å². The Morgan fingerprint density at radius 2 is 2.22 bits per heavy atom. The maximum absolute atomic E-state index is 11.3. The lowest BCUT2D eigenvalue weighted by Gasteiger charge is -2.19. The molecule has 1 heterocycles. The Morgan fingerprint density at radius 1 is 1.50 bits per heavy atom. The van der Waals surface area contributed by atoms with Gasteiger partial charge in [0.1, 0.15) is 12.4 Å². The predicted octanol–water partition coefficient (Wildman–Crippen LogP) is 3.17. The van der Waals surface area contributed by atoms with Crippen LogP contribution in [0.4, 0.5) is 0 Å². The molecule has 1 aromatic rings. The second-order valence-corrected chi connectivity index (χ2v) is 5.92. The Hall–Kier alpha value is -0.870. The van der Waals surface area contributed by atoms with Crippen molar-refractivity contribution < 1.29 is 14.6 Å². The van der Waals surface area contributed by atoms with Crippen LogP contribution in [-0.2, 0) is 4.79 Å². The molecule has 18 heavy (non-hydrogen) atoms. The summed E-state index contributed by atoms with van der Waals surface area (Å²) in [7, 11) is 0. The van der Waals surface area contributed by atoms with Crippen molar-refractivity contribution in [1.29, 1.82) is 0 Å². The number of ether oxygens (including phenoxy) is 1. The van der Waals surface area contributed by atoms with Gasteiger partial charge >= 0.3 is 5.97 Å². The highest BCUT2D eigenvalue weighted by Gasteiger charge is 2.31.